The largest absolute Gasteiger partial charge is 0.467 e. The Balaban J connectivity index is 1.75. The minimum Gasteiger partial charge on any atom is -0.467 e. The van der Waals surface area contributed by atoms with Gasteiger partial charge in [0.05, 0.1) is 6.26 Å². The summed E-state index contributed by atoms with van der Waals surface area (Å²) in [5.74, 6) is 0.604. The van der Waals surface area contributed by atoms with Crippen LogP contribution in [0.1, 0.15) is 54.5 Å². The summed E-state index contributed by atoms with van der Waals surface area (Å²) >= 11 is 5.77. The van der Waals surface area contributed by atoms with E-state index in [0.29, 0.717) is 18.7 Å². The van der Waals surface area contributed by atoms with E-state index in [0.717, 1.165) is 25.7 Å². The molecule has 5 nitrogen and oxygen atoms in total. The number of hydrogen-bond donors (Lipinski definition) is 1. The van der Waals surface area contributed by atoms with Gasteiger partial charge in [-0.1, -0.05) is 12.8 Å². The van der Waals surface area contributed by atoms with Crippen molar-refractivity contribution >= 4 is 17.5 Å². The first-order chi connectivity index (χ1) is 11.1. The van der Waals surface area contributed by atoms with Crippen molar-refractivity contribution in [2.75, 3.05) is 6.54 Å². The number of hydrogen-bond acceptors (Lipinski definition) is 4. The van der Waals surface area contributed by atoms with Gasteiger partial charge in [-0.05, 0) is 48.7 Å². The Bertz CT molecular complexity index is 637. The zero-order chi connectivity index (χ0) is 16.2. The lowest BCUT2D eigenvalue weighted by Gasteiger charge is -2.30. The van der Waals surface area contributed by atoms with Gasteiger partial charge in [0, 0.05) is 19.0 Å². The summed E-state index contributed by atoms with van der Waals surface area (Å²) in [5, 5.41) is 10.6. The van der Waals surface area contributed by atoms with Gasteiger partial charge < -0.3 is 18.8 Å². The van der Waals surface area contributed by atoms with Crippen LogP contribution in [-0.4, -0.2) is 28.5 Å². The molecule has 1 N–H and O–H groups in total. The van der Waals surface area contributed by atoms with Gasteiger partial charge in [0.1, 0.15) is 11.9 Å². The van der Waals surface area contributed by atoms with Crippen molar-refractivity contribution in [2.45, 2.75) is 44.2 Å². The molecule has 1 saturated heterocycles. The normalized spacial score (nSPS) is 20.3. The maximum Gasteiger partial charge on any atom is 0.289 e. The Morgan fingerprint density at radius 1 is 1.35 bits per heavy atom. The Morgan fingerprint density at radius 3 is 2.91 bits per heavy atom. The molecule has 124 valence electrons. The number of aliphatic hydroxyl groups excluding tert-OH is 1. The number of nitrogens with zero attached hydrogens (tertiary/aromatic N) is 1. The molecule has 23 heavy (non-hydrogen) atoms. The van der Waals surface area contributed by atoms with Crippen LogP contribution >= 0.6 is 11.6 Å². The molecule has 0 radical (unpaired) electrons. The fraction of sp³-hybridized carbons (Fsp3) is 0.471. The molecule has 2 aromatic rings. The highest BCUT2D eigenvalue weighted by molar-refractivity contribution is 6.29. The standard InChI is InChI=1S/C17H20ClNO4/c18-16-8-7-15(23-16)17(21)19-9-3-1-2-5-12(19)11-13(20)14-6-4-10-22-14/h4,6-8,10,12-13,20H,1-3,5,9,11H2/t12-,13-/m0/s1. The highest BCUT2D eigenvalue weighted by Gasteiger charge is 2.30. The van der Waals surface area contributed by atoms with Crippen LogP contribution in [0, 0.1) is 0 Å². The molecule has 1 amide bonds. The number of furan rings is 2. The van der Waals surface area contributed by atoms with E-state index in [9.17, 15) is 9.90 Å². The zero-order valence-electron chi connectivity index (χ0n) is 12.8. The van der Waals surface area contributed by atoms with Crippen molar-refractivity contribution in [1.29, 1.82) is 0 Å². The van der Waals surface area contributed by atoms with E-state index in [1.807, 2.05) is 0 Å². The Kier molecular flexibility index (Phi) is 5.08. The average Bonchev–Trinajstić information content (AvgIpc) is 3.16. The van der Waals surface area contributed by atoms with Crippen molar-refractivity contribution < 1.29 is 18.7 Å². The van der Waals surface area contributed by atoms with Crippen molar-refractivity contribution in [3.8, 4) is 0 Å². The average molecular weight is 338 g/mol. The third-order valence-corrected chi connectivity index (χ3v) is 4.49. The number of likely N-dealkylation sites (tertiary alicyclic amines) is 1. The van der Waals surface area contributed by atoms with Crippen LogP contribution in [0.3, 0.4) is 0 Å². The number of carbonyl (C=O) groups excluding carboxylic acids is 1. The third kappa shape index (κ3) is 3.79. The lowest BCUT2D eigenvalue weighted by Crippen LogP contribution is -2.40. The second-order valence-corrected chi connectivity index (χ2v) is 6.24. The fourth-order valence-electron chi connectivity index (χ4n) is 3.12. The second kappa shape index (κ2) is 7.23. The topological polar surface area (TPSA) is 66.8 Å². The summed E-state index contributed by atoms with van der Waals surface area (Å²) < 4.78 is 10.5. The van der Waals surface area contributed by atoms with E-state index in [2.05, 4.69) is 0 Å². The van der Waals surface area contributed by atoms with Gasteiger partial charge in [0.25, 0.3) is 5.91 Å². The first kappa shape index (κ1) is 16.1. The summed E-state index contributed by atoms with van der Waals surface area (Å²) in [7, 11) is 0. The minimum absolute atomic E-state index is 0.0472. The number of rotatable bonds is 4. The molecule has 0 bridgehead atoms. The van der Waals surface area contributed by atoms with E-state index in [-0.39, 0.29) is 22.9 Å². The fourth-order valence-corrected chi connectivity index (χ4v) is 3.26. The maximum atomic E-state index is 12.7. The molecule has 0 aromatic carbocycles. The van der Waals surface area contributed by atoms with Crippen molar-refractivity contribution in [1.82, 2.24) is 4.90 Å². The summed E-state index contributed by atoms with van der Waals surface area (Å²) in [6.07, 6.45) is 5.20. The highest BCUT2D eigenvalue weighted by Crippen LogP contribution is 2.28. The second-order valence-electron chi connectivity index (χ2n) is 5.87. The van der Waals surface area contributed by atoms with Crippen molar-refractivity contribution in [3.05, 3.63) is 47.3 Å². The van der Waals surface area contributed by atoms with E-state index < -0.39 is 6.10 Å². The van der Waals surface area contributed by atoms with E-state index in [4.69, 9.17) is 20.4 Å². The predicted octanol–water partition coefficient (Wildman–Crippen LogP) is 4.03. The van der Waals surface area contributed by atoms with Gasteiger partial charge in [0.2, 0.25) is 0 Å². The molecule has 0 aliphatic carbocycles. The summed E-state index contributed by atoms with van der Waals surface area (Å²) in [6.45, 7) is 0.659. The Hall–Kier alpha value is -1.72. The monoisotopic (exact) mass is 337 g/mol. The molecule has 1 aliphatic rings. The molecule has 2 atom stereocenters. The quantitative estimate of drug-likeness (QED) is 0.914. The van der Waals surface area contributed by atoms with Gasteiger partial charge in [-0.3, -0.25) is 4.79 Å². The van der Waals surface area contributed by atoms with Crippen LogP contribution < -0.4 is 0 Å². The molecule has 3 heterocycles. The number of amides is 1. The van der Waals surface area contributed by atoms with E-state index in [1.54, 1.807) is 35.4 Å². The molecule has 1 fully saturated rings. The third-order valence-electron chi connectivity index (χ3n) is 4.29. The van der Waals surface area contributed by atoms with Gasteiger partial charge in [-0.15, -0.1) is 0 Å². The predicted molar refractivity (Wildman–Crippen MR) is 85.3 cm³/mol. The molecule has 3 rings (SSSR count). The molecule has 0 unspecified atom stereocenters. The summed E-state index contributed by atoms with van der Waals surface area (Å²) in [5.41, 5.74) is 0. The molecule has 1 aliphatic heterocycles. The SMILES string of the molecule is O=C(c1ccc(Cl)o1)N1CCCCC[C@H]1C[C@H](O)c1ccco1. The van der Waals surface area contributed by atoms with Crippen LogP contribution in [0.15, 0.2) is 39.4 Å². The lowest BCUT2D eigenvalue weighted by atomic mass is 10.0. The smallest absolute Gasteiger partial charge is 0.289 e. The maximum absolute atomic E-state index is 12.7. The molecule has 6 heteroatoms. The summed E-state index contributed by atoms with van der Waals surface area (Å²) in [6, 6.07) is 6.61. The molecule has 0 spiro atoms. The first-order valence-electron chi connectivity index (χ1n) is 7.93. The zero-order valence-corrected chi connectivity index (χ0v) is 13.5. The molecule has 0 saturated carbocycles. The number of halogens is 1. The molecular weight excluding hydrogens is 318 g/mol. The van der Waals surface area contributed by atoms with Crippen molar-refractivity contribution in [3.63, 3.8) is 0 Å². The highest BCUT2D eigenvalue weighted by atomic mass is 35.5. The van der Waals surface area contributed by atoms with Crippen LogP contribution in [0.5, 0.6) is 0 Å². The van der Waals surface area contributed by atoms with Gasteiger partial charge in [-0.2, -0.15) is 0 Å². The van der Waals surface area contributed by atoms with Gasteiger partial charge >= 0.3 is 0 Å². The number of aliphatic hydroxyl groups is 1. The van der Waals surface area contributed by atoms with Crippen molar-refractivity contribution in [2.24, 2.45) is 0 Å². The van der Waals surface area contributed by atoms with Crippen LogP contribution in [0.2, 0.25) is 5.22 Å². The Morgan fingerprint density at radius 2 is 2.22 bits per heavy atom. The van der Waals surface area contributed by atoms with Crippen LogP contribution in [-0.2, 0) is 0 Å². The molecular formula is C17H20ClNO4. The minimum atomic E-state index is -0.719. The van der Waals surface area contributed by atoms with Crippen LogP contribution in [0.4, 0.5) is 0 Å². The van der Waals surface area contributed by atoms with E-state index >= 15 is 0 Å². The summed E-state index contributed by atoms with van der Waals surface area (Å²) in [4.78, 5) is 14.5. The Labute approximate surface area is 139 Å². The van der Waals surface area contributed by atoms with Gasteiger partial charge in [0.15, 0.2) is 11.0 Å². The van der Waals surface area contributed by atoms with Crippen LogP contribution in [0.25, 0.3) is 0 Å². The van der Waals surface area contributed by atoms with Gasteiger partial charge in [-0.25, -0.2) is 0 Å². The lowest BCUT2D eigenvalue weighted by molar-refractivity contribution is 0.0529. The number of carbonyl (C=O) groups is 1. The molecule has 2 aromatic heterocycles. The first-order valence-corrected chi connectivity index (χ1v) is 8.30. The van der Waals surface area contributed by atoms with E-state index in [1.165, 1.54) is 0 Å².